The highest BCUT2D eigenvalue weighted by molar-refractivity contribution is 5.92. The maximum absolute atomic E-state index is 12.2. The number of hydrogen-bond donors (Lipinski definition) is 3. The molecule has 0 radical (unpaired) electrons. The Morgan fingerprint density at radius 3 is 3.08 bits per heavy atom. The van der Waals surface area contributed by atoms with Crippen LogP contribution < -0.4 is 10.6 Å². The fourth-order valence-corrected chi connectivity index (χ4v) is 3.19. The number of para-hydroxylation sites is 1. The number of H-pyrrole nitrogens is 1. The third-order valence-corrected chi connectivity index (χ3v) is 4.62. The maximum Gasteiger partial charge on any atom is 0.271 e. The normalized spacial score (nSPS) is 16.6. The third-order valence-electron chi connectivity index (χ3n) is 4.62. The van der Waals surface area contributed by atoms with Gasteiger partial charge in [-0.15, -0.1) is 12.4 Å². The minimum absolute atomic E-state index is 0. The van der Waals surface area contributed by atoms with Crippen LogP contribution in [-0.4, -0.2) is 40.7 Å². The highest BCUT2D eigenvalue weighted by atomic mass is 35.5. The number of carbonyl (C=O) groups excluding carboxylic acids is 1. The first-order valence-corrected chi connectivity index (χ1v) is 8.60. The minimum Gasteiger partial charge on any atom is -0.441 e. The number of halogens is 1. The van der Waals surface area contributed by atoms with Crippen molar-refractivity contribution < 1.29 is 9.21 Å². The van der Waals surface area contributed by atoms with Crippen molar-refractivity contribution in [3.63, 3.8) is 0 Å². The molecular weight excluding hydrogens is 354 g/mol. The van der Waals surface area contributed by atoms with Gasteiger partial charge in [0.1, 0.15) is 11.2 Å². The smallest absolute Gasteiger partial charge is 0.271 e. The molecule has 1 aliphatic rings. The molecule has 1 amide bonds. The molecular formula is C18H22ClN5O2. The lowest BCUT2D eigenvalue weighted by Gasteiger charge is -2.02. The van der Waals surface area contributed by atoms with Gasteiger partial charge in [0.15, 0.2) is 11.5 Å². The van der Waals surface area contributed by atoms with Crippen LogP contribution in [0.4, 0.5) is 0 Å². The molecule has 0 spiro atoms. The van der Waals surface area contributed by atoms with Gasteiger partial charge in [-0.05, 0) is 37.6 Å². The average Bonchev–Trinajstić information content (AvgIpc) is 3.34. The molecule has 3 aromatic rings. The lowest BCUT2D eigenvalue weighted by atomic mass is 10.1. The Morgan fingerprint density at radius 1 is 1.42 bits per heavy atom. The van der Waals surface area contributed by atoms with Crippen molar-refractivity contribution in [3.8, 4) is 0 Å². The van der Waals surface area contributed by atoms with Crippen molar-refractivity contribution in [1.82, 2.24) is 25.8 Å². The second-order valence-corrected chi connectivity index (χ2v) is 6.43. The zero-order valence-corrected chi connectivity index (χ0v) is 15.4. The first kappa shape index (κ1) is 18.4. The molecule has 3 N–H and O–H groups in total. The standard InChI is InChI=1S/C18H21N5O2.ClH/c1-11-3-2-4-15-17(11)21-16(25-15)6-8-20-18(24)14-9-13(22-23-14)12-5-7-19-10-12;/h2-4,9,12,19H,5-8,10H2,1H3,(H,20,24)(H,22,23);1H. The number of aryl methyl sites for hydroxylation is 1. The van der Waals surface area contributed by atoms with Crippen LogP contribution in [0.25, 0.3) is 11.1 Å². The summed E-state index contributed by atoms with van der Waals surface area (Å²) in [5, 5.41) is 13.3. The molecule has 8 heteroatoms. The maximum atomic E-state index is 12.2. The number of fused-ring (bicyclic) bond motifs is 1. The van der Waals surface area contributed by atoms with Crippen LogP contribution in [0, 0.1) is 6.92 Å². The van der Waals surface area contributed by atoms with Crippen LogP contribution in [-0.2, 0) is 6.42 Å². The third kappa shape index (κ3) is 3.73. The Kier molecular flexibility index (Phi) is 5.58. The number of hydrogen-bond acceptors (Lipinski definition) is 5. The van der Waals surface area contributed by atoms with Crippen molar-refractivity contribution in [2.45, 2.75) is 25.7 Å². The molecule has 0 saturated carbocycles. The van der Waals surface area contributed by atoms with Gasteiger partial charge in [0.25, 0.3) is 5.91 Å². The molecule has 1 fully saturated rings. The lowest BCUT2D eigenvalue weighted by Crippen LogP contribution is -2.26. The molecule has 1 aromatic carbocycles. The number of oxazole rings is 1. The molecule has 1 atom stereocenters. The molecule has 1 saturated heterocycles. The van der Waals surface area contributed by atoms with Crippen molar-refractivity contribution in [3.05, 3.63) is 47.1 Å². The van der Waals surface area contributed by atoms with E-state index >= 15 is 0 Å². The van der Waals surface area contributed by atoms with E-state index in [9.17, 15) is 4.79 Å². The minimum atomic E-state index is -0.180. The fourth-order valence-electron chi connectivity index (χ4n) is 3.19. The van der Waals surface area contributed by atoms with E-state index in [1.165, 1.54) is 0 Å². The second kappa shape index (κ2) is 7.88. The van der Waals surface area contributed by atoms with E-state index in [0.717, 1.165) is 41.9 Å². The van der Waals surface area contributed by atoms with Crippen LogP contribution >= 0.6 is 12.4 Å². The van der Waals surface area contributed by atoms with Gasteiger partial charge >= 0.3 is 0 Å². The number of carbonyl (C=O) groups is 1. The highest BCUT2D eigenvalue weighted by Crippen LogP contribution is 2.21. The van der Waals surface area contributed by atoms with Crippen molar-refractivity contribution in [2.75, 3.05) is 19.6 Å². The Hall–Kier alpha value is -2.38. The van der Waals surface area contributed by atoms with Gasteiger partial charge in [0, 0.05) is 31.1 Å². The molecule has 0 aliphatic carbocycles. The van der Waals surface area contributed by atoms with Gasteiger partial charge in [0.05, 0.1) is 0 Å². The summed E-state index contributed by atoms with van der Waals surface area (Å²) in [6, 6.07) is 7.70. The van der Waals surface area contributed by atoms with Gasteiger partial charge in [-0.1, -0.05) is 12.1 Å². The van der Waals surface area contributed by atoms with E-state index in [4.69, 9.17) is 4.42 Å². The average molecular weight is 376 g/mol. The largest absolute Gasteiger partial charge is 0.441 e. The van der Waals surface area contributed by atoms with Gasteiger partial charge < -0.3 is 15.1 Å². The molecule has 138 valence electrons. The van der Waals surface area contributed by atoms with Crippen molar-refractivity contribution >= 4 is 29.4 Å². The number of rotatable bonds is 5. The number of aromatic amines is 1. The van der Waals surface area contributed by atoms with Crippen LogP contribution in [0.3, 0.4) is 0 Å². The molecule has 26 heavy (non-hydrogen) atoms. The molecule has 1 aliphatic heterocycles. The van der Waals surface area contributed by atoms with Gasteiger partial charge in [-0.2, -0.15) is 5.10 Å². The monoisotopic (exact) mass is 375 g/mol. The van der Waals surface area contributed by atoms with E-state index in [2.05, 4.69) is 25.8 Å². The van der Waals surface area contributed by atoms with Gasteiger partial charge in [-0.3, -0.25) is 9.89 Å². The van der Waals surface area contributed by atoms with E-state index in [0.29, 0.717) is 30.5 Å². The second-order valence-electron chi connectivity index (χ2n) is 6.43. The zero-order valence-electron chi connectivity index (χ0n) is 14.5. The fraction of sp³-hybridized carbons (Fsp3) is 0.389. The number of aromatic nitrogens is 3. The predicted molar refractivity (Wildman–Crippen MR) is 101 cm³/mol. The predicted octanol–water partition coefficient (Wildman–Crippen LogP) is 2.33. The van der Waals surface area contributed by atoms with E-state index in [1.807, 2.05) is 31.2 Å². The summed E-state index contributed by atoms with van der Waals surface area (Å²) in [6.07, 6.45) is 1.62. The van der Waals surface area contributed by atoms with Crippen molar-refractivity contribution in [1.29, 1.82) is 0 Å². The van der Waals surface area contributed by atoms with Gasteiger partial charge in [-0.25, -0.2) is 4.98 Å². The number of nitrogens with zero attached hydrogens (tertiary/aromatic N) is 2. The molecule has 4 rings (SSSR count). The quantitative estimate of drug-likeness (QED) is 0.636. The SMILES string of the molecule is Cc1cccc2oc(CCNC(=O)c3cc(C4CCNC4)[nH]n3)nc12.Cl. The first-order chi connectivity index (χ1) is 12.2. The number of nitrogens with one attached hydrogen (secondary N) is 3. The summed E-state index contributed by atoms with van der Waals surface area (Å²) >= 11 is 0. The number of benzene rings is 1. The number of amides is 1. The van der Waals surface area contributed by atoms with E-state index < -0.39 is 0 Å². The first-order valence-electron chi connectivity index (χ1n) is 8.60. The Balaban J connectivity index is 0.00000196. The summed E-state index contributed by atoms with van der Waals surface area (Å²) in [5.41, 5.74) is 4.19. The summed E-state index contributed by atoms with van der Waals surface area (Å²) in [7, 11) is 0. The highest BCUT2D eigenvalue weighted by Gasteiger charge is 2.20. The van der Waals surface area contributed by atoms with Crippen LogP contribution in [0.2, 0.25) is 0 Å². The lowest BCUT2D eigenvalue weighted by molar-refractivity contribution is 0.0948. The molecule has 1 unspecified atom stereocenters. The molecule has 7 nitrogen and oxygen atoms in total. The van der Waals surface area contributed by atoms with Crippen molar-refractivity contribution in [2.24, 2.45) is 0 Å². The summed E-state index contributed by atoms with van der Waals surface area (Å²) in [6.45, 7) is 4.40. The van der Waals surface area contributed by atoms with Crippen LogP contribution in [0.5, 0.6) is 0 Å². The Bertz CT molecular complexity index is 898. The van der Waals surface area contributed by atoms with E-state index in [-0.39, 0.29) is 18.3 Å². The molecule has 2 aromatic heterocycles. The topological polar surface area (TPSA) is 95.8 Å². The van der Waals surface area contributed by atoms with Crippen LogP contribution in [0.15, 0.2) is 28.7 Å². The molecule has 0 bridgehead atoms. The summed E-state index contributed by atoms with van der Waals surface area (Å²) in [5.74, 6) is 0.863. The molecule has 3 heterocycles. The zero-order chi connectivity index (χ0) is 17.2. The summed E-state index contributed by atoms with van der Waals surface area (Å²) < 4.78 is 5.72. The Labute approximate surface area is 157 Å². The van der Waals surface area contributed by atoms with Gasteiger partial charge in [0.2, 0.25) is 0 Å². The Morgan fingerprint density at radius 2 is 2.31 bits per heavy atom. The van der Waals surface area contributed by atoms with Crippen LogP contribution in [0.1, 0.15) is 40.0 Å². The van der Waals surface area contributed by atoms with E-state index in [1.54, 1.807) is 0 Å². The summed E-state index contributed by atoms with van der Waals surface area (Å²) in [4.78, 5) is 16.7.